The maximum Gasteiger partial charge on any atom is 0.185 e. The van der Waals surface area contributed by atoms with Crippen molar-refractivity contribution in [2.24, 2.45) is 0 Å². The van der Waals surface area contributed by atoms with E-state index in [1.807, 2.05) is 19.1 Å². The molecule has 2 aromatic rings. The van der Waals surface area contributed by atoms with Crippen molar-refractivity contribution in [2.45, 2.75) is 6.92 Å². The van der Waals surface area contributed by atoms with Crippen LogP contribution in [0.1, 0.15) is 21.5 Å². The largest absolute Gasteiger partial charge is 0.289 e. The molecule has 0 amide bonds. The van der Waals surface area contributed by atoms with Crippen molar-refractivity contribution in [1.82, 2.24) is 0 Å². The van der Waals surface area contributed by atoms with E-state index in [1.54, 1.807) is 18.2 Å². The topological polar surface area (TPSA) is 17.1 Å². The van der Waals surface area contributed by atoms with Crippen LogP contribution in [-0.2, 0) is 0 Å². The van der Waals surface area contributed by atoms with Crippen LogP contribution in [0.4, 0.5) is 4.39 Å². The van der Waals surface area contributed by atoms with E-state index in [4.69, 9.17) is 11.6 Å². The molecule has 2 rings (SSSR count). The first-order valence-electron chi connectivity index (χ1n) is 5.81. The van der Waals surface area contributed by atoms with E-state index < -0.39 is 5.82 Å². The molecule has 0 saturated carbocycles. The standard InChI is InChI=1S/C16H12ClFO/c1-11-5-7-12(8-6-11)16(19)10-9-13-14(17)3-2-4-15(13)18/h2-10H,1H3. The van der Waals surface area contributed by atoms with Gasteiger partial charge in [-0.25, -0.2) is 4.39 Å². The third-order valence-electron chi connectivity index (χ3n) is 2.74. The number of rotatable bonds is 3. The molecule has 1 nitrogen and oxygen atoms in total. The molecule has 96 valence electrons. The molecule has 0 saturated heterocycles. The number of ketones is 1. The first kappa shape index (κ1) is 13.5. The lowest BCUT2D eigenvalue weighted by molar-refractivity contribution is 0.104. The van der Waals surface area contributed by atoms with Crippen LogP contribution in [0, 0.1) is 12.7 Å². The van der Waals surface area contributed by atoms with Crippen LogP contribution in [0.2, 0.25) is 5.02 Å². The van der Waals surface area contributed by atoms with E-state index in [0.717, 1.165) is 5.56 Å². The van der Waals surface area contributed by atoms with E-state index in [-0.39, 0.29) is 16.4 Å². The summed E-state index contributed by atoms with van der Waals surface area (Å²) in [4.78, 5) is 11.9. The van der Waals surface area contributed by atoms with Gasteiger partial charge in [0.1, 0.15) is 5.82 Å². The van der Waals surface area contributed by atoms with Crippen LogP contribution in [0.25, 0.3) is 6.08 Å². The van der Waals surface area contributed by atoms with Crippen LogP contribution in [0.5, 0.6) is 0 Å². The molecule has 2 aromatic carbocycles. The Morgan fingerprint density at radius 1 is 1.16 bits per heavy atom. The molecular weight excluding hydrogens is 263 g/mol. The Kier molecular flexibility index (Phi) is 4.13. The molecule has 0 bridgehead atoms. The summed E-state index contributed by atoms with van der Waals surface area (Å²) in [7, 11) is 0. The Bertz CT molecular complexity index is 609. The van der Waals surface area contributed by atoms with Gasteiger partial charge in [0.25, 0.3) is 0 Å². The summed E-state index contributed by atoms with van der Waals surface area (Å²) in [5.41, 5.74) is 1.87. The zero-order valence-corrected chi connectivity index (χ0v) is 11.1. The Morgan fingerprint density at radius 2 is 1.84 bits per heavy atom. The second-order valence-corrected chi connectivity index (χ2v) is 4.61. The van der Waals surface area contributed by atoms with E-state index in [9.17, 15) is 9.18 Å². The molecule has 0 aromatic heterocycles. The van der Waals surface area contributed by atoms with Gasteiger partial charge >= 0.3 is 0 Å². The van der Waals surface area contributed by atoms with Crippen molar-refractivity contribution < 1.29 is 9.18 Å². The van der Waals surface area contributed by atoms with Crippen molar-refractivity contribution in [3.8, 4) is 0 Å². The zero-order valence-electron chi connectivity index (χ0n) is 10.4. The minimum absolute atomic E-state index is 0.181. The highest BCUT2D eigenvalue weighted by molar-refractivity contribution is 6.32. The van der Waals surface area contributed by atoms with Crippen LogP contribution in [-0.4, -0.2) is 5.78 Å². The highest BCUT2D eigenvalue weighted by Crippen LogP contribution is 2.20. The normalized spacial score (nSPS) is 10.9. The maximum absolute atomic E-state index is 13.5. The quantitative estimate of drug-likeness (QED) is 0.586. The fourth-order valence-electron chi connectivity index (χ4n) is 1.64. The zero-order chi connectivity index (χ0) is 13.8. The predicted octanol–water partition coefficient (Wildman–Crippen LogP) is 4.68. The average molecular weight is 275 g/mol. The second kappa shape index (κ2) is 5.81. The summed E-state index contributed by atoms with van der Waals surface area (Å²) in [5, 5.41) is 0.285. The molecule has 0 atom stereocenters. The number of hydrogen-bond donors (Lipinski definition) is 0. The maximum atomic E-state index is 13.5. The number of aryl methyl sites for hydroxylation is 1. The molecule has 0 N–H and O–H groups in total. The van der Waals surface area contributed by atoms with Crippen molar-refractivity contribution in [3.63, 3.8) is 0 Å². The number of allylic oxidation sites excluding steroid dienone is 1. The van der Waals surface area contributed by atoms with Gasteiger partial charge < -0.3 is 0 Å². The van der Waals surface area contributed by atoms with E-state index in [2.05, 4.69) is 0 Å². The highest BCUT2D eigenvalue weighted by atomic mass is 35.5. The van der Waals surface area contributed by atoms with Gasteiger partial charge in [-0.1, -0.05) is 47.5 Å². The summed E-state index contributed by atoms with van der Waals surface area (Å²) in [6.45, 7) is 1.95. The number of hydrogen-bond acceptors (Lipinski definition) is 1. The van der Waals surface area contributed by atoms with Crippen molar-refractivity contribution in [3.05, 3.63) is 76.1 Å². The minimum Gasteiger partial charge on any atom is -0.289 e. The van der Waals surface area contributed by atoms with Gasteiger partial charge in [0.15, 0.2) is 5.78 Å². The Hall–Kier alpha value is -1.93. The number of carbonyl (C=O) groups excluding carboxylic acids is 1. The van der Waals surface area contributed by atoms with E-state index >= 15 is 0 Å². The van der Waals surface area contributed by atoms with Gasteiger partial charge in [-0.15, -0.1) is 0 Å². The summed E-state index contributed by atoms with van der Waals surface area (Å²) in [5.74, 6) is -0.625. The summed E-state index contributed by atoms with van der Waals surface area (Å²) < 4.78 is 13.5. The number of carbonyl (C=O) groups is 1. The average Bonchev–Trinajstić information content (AvgIpc) is 2.38. The molecule has 0 aliphatic carbocycles. The smallest absolute Gasteiger partial charge is 0.185 e. The van der Waals surface area contributed by atoms with Crippen LogP contribution in [0.3, 0.4) is 0 Å². The highest BCUT2D eigenvalue weighted by Gasteiger charge is 2.05. The van der Waals surface area contributed by atoms with Gasteiger partial charge in [-0.2, -0.15) is 0 Å². The summed E-state index contributed by atoms with van der Waals surface area (Å²) >= 11 is 5.88. The number of benzene rings is 2. The van der Waals surface area contributed by atoms with Gasteiger partial charge in [-0.3, -0.25) is 4.79 Å². The first-order valence-corrected chi connectivity index (χ1v) is 6.19. The Labute approximate surface area is 116 Å². The monoisotopic (exact) mass is 274 g/mol. The van der Waals surface area contributed by atoms with Crippen molar-refractivity contribution in [2.75, 3.05) is 0 Å². The first-order chi connectivity index (χ1) is 9.08. The number of halogens is 2. The van der Waals surface area contributed by atoms with Gasteiger partial charge in [-0.05, 0) is 31.2 Å². The fraction of sp³-hybridized carbons (Fsp3) is 0.0625. The lowest BCUT2D eigenvalue weighted by Crippen LogP contribution is -1.94. The fourth-order valence-corrected chi connectivity index (χ4v) is 1.87. The van der Waals surface area contributed by atoms with Crippen LogP contribution >= 0.6 is 11.6 Å². The molecule has 0 heterocycles. The summed E-state index contributed by atoms with van der Waals surface area (Å²) in [6.07, 6.45) is 2.73. The summed E-state index contributed by atoms with van der Waals surface area (Å²) in [6, 6.07) is 11.6. The molecule has 0 unspecified atom stereocenters. The van der Waals surface area contributed by atoms with Crippen LogP contribution < -0.4 is 0 Å². The van der Waals surface area contributed by atoms with Crippen molar-refractivity contribution in [1.29, 1.82) is 0 Å². The van der Waals surface area contributed by atoms with Crippen LogP contribution in [0.15, 0.2) is 48.5 Å². The Balaban J connectivity index is 2.23. The molecule has 0 aliphatic rings. The third-order valence-corrected chi connectivity index (χ3v) is 3.07. The third kappa shape index (κ3) is 3.30. The molecule has 0 spiro atoms. The predicted molar refractivity (Wildman–Crippen MR) is 76.0 cm³/mol. The SMILES string of the molecule is Cc1ccc(C(=O)C=Cc2c(F)cccc2Cl)cc1. The second-order valence-electron chi connectivity index (χ2n) is 4.20. The molecule has 0 aliphatic heterocycles. The molecule has 3 heteroatoms. The Morgan fingerprint density at radius 3 is 2.47 bits per heavy atom. The molecule has 0 fully saturated rings. The van der Waals surface area contributed by atoms with Gasteiger partial charge in [0.2, 0.25) is 0 Å². The van der Waals surface area contributed by atoms with Gasteiger partial charge in [0.05, 0.1) is 5.02 Å². The lowest BCUT2D eigenvalue weighted by atomic mass is 10.1. The van der Waals surface area contributed by atoms with E-state index in [0.29, 0.717) is 5.56 Å². The molecule has 19 heavy (non-hydrogen) atoms. The van der Waals surface area contributed by atoms with Crippen molar-refractivity contribution >= 4 is 23.5 Å². The minimum atomic E-state index is -0.444. The molecular formula is C16H12ClFO. The van der Waals surface area contributed by atoms with E-state index in [1.165, 1.54) is 24.3 Å². The lowest BCUT2D eigenvalue weighted by Gasteiger charge is -2.00. The molecule has 0 radical (unpaired) electrons. The van der Waals surface area contributed by atoms with Gasteiger partial charge in [0, 0.05) is 11.1 Å².